The average molecular weight is 297 g/mol. The fourth-order valence-electron chi connectivity index (χ4n) is 4.15. The molecule has 1 heterocycles. The van der Waals surface area contributed by atoms with E-state index in [1.807, 2.05) is 4.57 Å². The van der Waals surface area contributed by atoms with Crippen LogP contribution in [0.2, 0.25) is 0 Å². The highest BCUT2D eigenvalue weighted by atomic mass is 35.5. The van der Waals surface area contributed by atoms with Gasteiger partial charge in [-0.2, -0.15) is 0 Å². The molecule has 0 saturated heterocycles. The first kappa shape index (κ1) is 12.6. The van der Waals surface area contributed by atoms with E-state index < -0.39 is 11.6 Å². The van der Waals surface area contributed by atoms with E-state index in [1.165, 1.54) is 25.3 Å². The average Bonchev–Trinajstić information content (AvgIpc) is 3.14. The molecule has 2 aromatic rings. The van der Waals surface area contributed by atoms with Crippen molar-refractivity contribution in [1.82, 2.24) is 9.55 Å². The monoisotopic (exact) mass is 296 g/mol. The van der Waals surface area contributed by atoms with Gasteiger partial charge in [-0.1, -0.05) is 6.42 Å². The molecule has 2 bridgehead atoms. The fourth-order valence-corrected chi connectivity index (χ4v) is 4.34. The zero-order valence-corrected chi connectivity index (χ0v) is 11.7. The highest BCUT2D eigenvalue weighted by molar-refractivity contribution is 6.16. The van der Waals surface area contributed by atoms with Gasteiger partial charge in [-0.25, -0.2) is 13.8 Å². The summed E-state index contributed by atoms with van der Waals surface area (Å²) in [6, 6.07) is 2.89. The maximum atomic E-state index is 14.2. The molecule has 1 aromatic carbocycles. The lowest BCUT2D eigenvalue weighted by Gasteiger charge is -2.25. The quantitative estimate of drug-likeness (QED) is 0.750. The van der Waals surface area contributed by atoms with Gasteiger partial charge in [-0.05, 0) is 43.2 Å². The molecule has 0 amide bonds. The van der Waals surface area contributed by atoms with E-state index in [0.717, 1.165) is 18.4 Å². The van der Waals surface area contributed by atoms with Gasteiger partial charge in [-0.15, -0.1) is 11.6 Å². The van der Waals surface area contributed by atoms with Crippen LogP contribution >= 0.6 is 11.6 Å². The van der Waals surface area contributed by atoms with Crippen molar-refractivity contribution in [2.24, 2.45) is 11.8 Å². The number of imidazole rings is 1. The number of aromatic nitrogens is 2. The SMILES string of the molecule is Fc1ccc2nc(CCl)n(C3CC4CCC3C4)c2c1F. The second-order valence-electron chi connectivity index (χ2n) is 6.00. The van der Waals surface area contributed by atoms with Crippen LogP contribution in [-0.2, 0) is 5.88 Å². The molecule has 2 fully saturated rings. The third kappa shape index (κ3) is 1.63. The van der Waals surface area contributed by atoms with Gasteiger partial charge in [0.15, 0.2) is 11.6 Å². The predicted molar refractivity (Wildman–Crippen MR) is 73.7 cm³/mol. The van der Waals surface area contributed by atoms with Gasteiger partial charge < -0.3 is 4.57 Å². The number of nitrogens with zero attached hydrogens (tertiary/aromatic N) is 2. The Bertz CT molecular complexity index is 682. The van der Waals surface area contributed by atoms with Gasteiger partial charge in [0, 0.05) is 6.04 Å². The molecule has 1 aromatic heterocycles. The lowest BCUT2D eigenvalue weighted by molar-refractivity contribution is 0.328. The lowest BCUT2D eigenvalue weighted by Crippen LogP contribution is -2.18. The molecule has 3 unspecified atom stereocenters. The maximum absolute atomic E-state index is 14.2. The number of rotatable bonds is 2. The Hall–Kier alpha value is -1.16. The summed E-state index contributed by atoms with van der Waals surface area (Å²) in [5, 5.41) is 0. The summed E-state index contributed by atoms with van der Waals surface area (Å²) >= 11 is 5.98. The molecule has 3 atom stereocenters. The molecule has 0 aliphatic heterocycles. The van der Waals surface area contributed by atoms with Crippen molar-refractivity contribution in [3.8, 4) is 0 Å². The van der Waals surface area contributed by atoms with Crippen LogP contribution in [0.25, 0.3) is 11.0 Å². The molecule has 0 N–H and O–H groups in total. The second kappa shape index (κ2) is 4.42. The summed E-state index contributed by atoms with van der Waals surface area (Å²) < 4.78 is 29.7. The van der Waals surface area contributed by atoms with Gasteiger partial charge in [-0.3, -0.25) is 0 Å². The summed E-state index contributed by atoms with van der Waals surface area (Å²) in [7, 11) is 0. The third-order valence-corrected chi connectivity index (χ3v) is 5.21. The number of alkyl halides is 1. The smallest absolute Gasteiger partial charge is 0.184 e. The largest absolute Gasteiger partial charge is 0.321 e. The minimum absolute atomic E-state index is 0.226. The van der Waals surface area contributed by atoms with Crippen LogP contribution in [0.5, 0.6) is 0 Å². The Morgan fingerprint density at radius 3 is 2.75 bits per heavy atom. The van der Waals surface area contributed by atoms with Crippen LogP contribution in [-0.4, -0.2) is 9.55 Å². The molecule has 106 valence electrons. The van der Waals surface area contributed by atoms with E-state index in [9.17, 15) is 8.78 Å². The van der Waals surface area contributed by atoms with Crippen molar-refractivity contribution in [1.29, 1.82) is 0 Å². The van der Waals surface area contributed by atoms with Gasteiger partial charge in [0.05, 0.1) is 11.4 Å². The number of fused-ring (bicyclic) bond motifs is 3. The molecule has 2 nitrogen and oxygen atoms in total. The molecular formula is C15H15ClF2N2. The number of hydrogen-bond donors (Lipinski definition) is 0. The Balaban J connectivity index is 1.94. The Morgan fingerprint density at radius 2 is 2.10 bits per heavy atom. The fraction of sp³-hybridized carbons (Fsp3) is 0.533. The first-order chi connectivity index (χ1) is 9.69. The van der Waals surface area contributed by atoms with E-state index in [2.05, 4.69) is 4.98 Å². The molecule has 5 heteroatoms. The third-order valence-electron chi connectivity index (χ3n) is 4.97. The van der Waals surface area contributed by atoms with E-state index >= 15 is 0 Å². The maximum Gasteiger partial charge on any atom is 0.184 e. The Labute approximate surface area is 120 Å². The summed E-state index contributed by atoms with van der Waals surface area (Å²) in [5.41, 5.74) is 0.792. The highest BCUT2D eigenvalue weighted by Gasteiger charge is 2.42. The van der Waals surface area contributed by atoms with E-state index in [1.54, 1.807) is 0 Å². The summed E-state index contributed by atoms with van der Waals surface area (Å²) in [5.74, 6) is 0.550. The van der Waals surface area contributed by atoms with Crippen molar-refractivity contribution in [2.75, 3.05) is 0 Å². The molecular weight excluding hydrogens is 282 g/mol. The molecule has 2 saturated carbocycles. The van der Waals surface area contributed by atoms with Crippen molar-refractivity contribution < 1.29 is 8.78 Å². The molecule has 2 aliphatic carbocycles. The van der Waals surface area contributed by atoms with Gasteiger partial charge >= 0.3 is 0 Å². The van der Waals surface area contributed by atoms with Crippen LogP contribution in [0.4, 0.5) is 8.78 Å². The van der Waals surface area contributed by atoms with Crippen molar-refractivity contribution >= 4 is 22.6 Å². The van der Waals surface area contributed by atoms with Gasteiger partial charge in [0.2, 0.25) is 0 Å². The summed E-state index contributed by atoms with van der Waals surface area (Å²) in [4.78, 5) is 4.39. The standard InChI is InChI=1S/C15H15ClF2N2/c16-7-13-19-11-4-3-10(17)14(18)15(11)20(13)12-6-8-1-2-9(12)5-8/h3-4,8-9,12H,1-2,5-7H2. The molecule has 0 spiro atoms. The molecule has 4 rings (SSSR count). The van der Waals surface area contributed by atoms with E-state index in [4.69, 9.17) is 11.6 Å². The van der Waals surface area contributed by atoms with Crippen molar-refractivity contribution in [2.45, 2.75) is 37.6 Å². The highest BCUT2D eigenvalue weighted by Crippen LogP contribution is 2.52. The number of benzene rings is 1. The van der Waals surface area contributed by atoms with E-state index in [0.29, 0.717) is 22.8 Å². The topological polar surface area (TPSA) is 17.8 Å². The molecule has 2 aliphatic rings. The Morgan fingerprint density at radius 1 is 1.25 bits per heavy atom. The van der Waals surface area contributed by atoms with Crippen LogP contribution in [0.15, 0.2) is 12.1 Å². The van der Waals surface area contributed by atoms with Crippen LogP contribution in [0.3, 0.4) is 0 Å². The summed E-state index contributed by atoms with van der Waals surface area (Å²) in [6.07, 6.45) is 4.67. The first-order valence-corrected chi connectivity index (χ1v) is 7.63. The van der Waals surface area contributed by atoms with E-state index in [-0.39, 0.29) is 11.9 Å². The molecule has 0 radical (unpaired) electrons. The molecule has 20 heavy (non-hydrogen) atoms. The number of halogens is 3. The normalized spacial score (nSPS) is 28.6. The van der Waals surface area contributed by atoms with Crippen molar-refractivity contribution in [3.05, 3.63) is 29.6 Å². The zero-order chi connectivity index (χ0) is 13.9. The summed E-state index contributed by atoms with van der Waals surface area (Å²) in [6.45, 7) is 0. The zero-order valence-electron chi connectivity index (χ0n) is 11.0. The van der Waals surface area contributed by atoms with Crippen LogP contribution in [0, 0.1) is 23.5 Å². The predicted octanol–water partition coefficient (Wildman–Crippen LogP) is 4.41. The lowest BCUT2D eigenvalue weighted by atomic mass is 9.95. The second-order valence-corrected chi connectivity index (χ2v) is 6.27. The minimum atomic E-state index is -0.817. The minimum Gasteiger partial charge on any atom is -0.321 e. The van der Waals surface area contributed by atoms with Gasteiger partial charge in [0.25, 0.3) is 0 Å². The Kier molecular flexibility index (Phi) is 2.78. The number of hydrogen-bond acceptors (Lipinski definition) is 1. The van der Waals surface area contributed by atoms with Crippen LogP contribution in [0.1, 0.15) is 37.5 Å². The van der Waals surface area contributed by atoms with Gasteiger partial charge in [0.1, 0.15) is 11.3 Å². The van der Waals surface area contributed by atoms with Crippen LogP contribution < -0.4 is 0 Å². The van der Waals surface area contributed by atoms with Crippen molar-refractivity contribution in [3.63, 3.8) is 0 Å². The first-order valence-electron chi connectivity index (χ1n) is 7.09.